The molecule has 0 amide bonds. The second kappa shape index (κ2) is 6.16. The molecule has 0 radical (unpaired) electrons. The maximum atomic E-state index is 14.1. The monoisotopic (exact) mass is 343 g/mol. The highest BCUT2D eigenvalue weighted by atomic mass is 19.1. The van der Waals surface area contributed by atoms with Gasteiger partial charge >= 0.3 is 0 Å². The van der Waals surface area contributed by atoms with Crippen LogP contribution in [-0.2, 0) is 4.74 Å². The Balaban J connectivity index is 1.74. The molecule has 132 valence electrons. The summed E-state index contributed by atoms with van der Waals surface area (Å²) in [6, 6.07) is 2.07. The summed E-state index contributed by atoms with van der Waals surface area (Å²) in [5, 5.41) is 0. The molecule has 0 spiro atoms. The van der Waals surface area contributed by atoms with E-state index in [1.54, 1.807) is 23.4 Å². The maximum Gasteiger partial charge on any atom is 0.169 e. The number of rotatable bonds is 2. The lowest BCUT2D eigenvalue weighted by atomic mass is 9.96. The highest BCUT2D eigenvalue weighted by molar-refractivity contribution is 5.76. The van der Waals surface area contributed by atoms with Crippen molar-refractivity contribution in [1.82, 2.24) is 4.98 Å². The number of hydrogen-bond donors (Lipinski definition) is 2. The molecule has 0 aliphatic carbocycles. The molecule has 4 heterocycles. The third-order valence-electron chi connectivity index (χ3n) is 4.69. The molecule has 3 aliphatic rings. The number of anilines is 2. The van der Waals surface area contributed by atoms with Gasteiger partial charge in [-0.05, 0) is 24.5 Å². The molecule has 4 N–H and O–H groups in total. The zero-order chi connectivity index (χ0) is 17.6. The first kappa shape index (κ1) is 16.1. The fraction of sp³-hybridized carbons (Fsp3) is 0.389. The van der Waals surface area contributed by atoms with Crippen LogP contribution in [0, 0.1) is 5.92 Å². The summed E-state index contributed by atoms with van der Waals surface area (Å²) in [5.74, 6) is 0.544. The predicted molar refractivity (Wildman–Crippen MR) is 95.1 cm³/mol. The molecule has 1 saturated heterocycles. The van der Waals surface area contributed by atoms with Crippen LogP contribution in [0.1, 0.15) is 13.3 Å². The molecule has 4 rings (SSSR count). The summed E-state index contributed by atoms with van der Waals surface area (Å²) in [6.45, 7) is 3.86. The molecule has 25 heavy (non-hydrogen) atoms. The van der Waals surface area contributed by atoms with E-state index in [1.165, 1.54) is 12.3 Å². The molecule has 7 heteroatoms. The first-order chi connectivity index (χ1) is 12.0. The molecular formula is C18H22FN5O. The number of piperidine rings is 1. The number of hydrogen-bond acceptors (Lipinski definition) is 6. The lowest BCUT2D eigenvalue weighted by Crippen LogP contribution is -2.46. The first-order valence-electron chi connectivity index (χ1n) is 8.48. The molecule has 1 aromatic heterocycles. The zero-order valence-electron chi connectivity index (χ0n) is 14.1. The van der Waals surface area contributed by atoms with Gasteiger partial charge in [-0.25, -0.2) is 4.39 Å². The van der Waals surface area contributed by atoms with Crippen molar-refractivity contribution in [3.05, 3.63) is 54.1 Å². The number of allylic oxidation sites excluding steroid dienone is 2. The minimum atomic E-state index is -0.577. The average Bonchev–Trinajstić information content (AvgIpc) is 2.93. The molecule has 1 aromatic rings. The normalized spacial score (nSPS) is 28.8. The zero-order valence-corrected chi connectivity index (χ0v) is 14.1. The molecule has 0 saturated carbocycles. The number of nitrogens with two attached hydrogens (primary N) is 2. The van der Waals surface area contributed by atoms with Crippen LogP contribution in [0.3, 0.4) is 0 Å². The van der Waals surface area contributed by atoms with Crippen molar-refractivity contribution in [3.8, 4) is 0 Å². The van der Waals surface area contributed by atoms with Crippen LogP contribution in [0.2, 0.25) is 0 Å². The van der Waals surface area contributed by atoms with Crippen molar-refractivity contribution in [1.29, 1.82) is 0 Å². The topological polar surface area (TPSA) is 80.6 Å². The molecule has 3 unspecified atom stereocenters. The van der Waals surface area contributed by atoms with Crippen LogP contribution >= 0.6 is 0 Å². The number of aromatic nitrogens is 1. The van der Waals surface area contributed by atoms with E-state index in [1.807, 2.05) is 6.07 Å². The van der Waals surface area contributed by atoms with Crippen molar-refractivity contribution in [2.75, 3.05) is 22.9 Å². The van der Waals surface area contributed by atoms with E-state index in [2.05, 4.69) is 16.8 Å². The average molecular weight is 343 g/mol. The van der Waals surface area contributed by atoms with Gasteiger partial charge in [-0.2, -0.15) is 0 Å². The van der Waals surface area contributed by atoms with Crippen LogP contribution in [0.25, 0.3) is 0 Å². The summed E-state index contributed by atoms with van der Waals surface area (Å²) in [5.41, 5.74) is 14.5. The molecular weight excluding hydrogens is 321 g/mol. The van der Waals surface area contributed by atoms with Crippen LogP contribution < -0.4 is 21.3 Å². The van der Waals surface area contributed by atoms with Gasteiger partial charge in [-0.1, -0.05) is 6.92 Å². The lowest BCUT2D eigenvalue weighted by molar-refractivity contribution is 0.185. The van der Waals surface area contributed by atoms with Gasteiger partial charge in [0.25, 0.3) is 0 Å². The predicted octanol–water partition coefficient (Wildman–Crippen LogP) is 1.97. The van der Waals surface area contributed by atoms with Crippen molar-refractivity contribution >= 4 is 11.4 Å². The van der Waals surface area contributed by atoms with Gasteiger partial charge in [0.05, 0.1) is 23.3 Å². The van der Waals surface area contributed by atoms with Gasteiger partial charge in [0.2, 0.25) is 0 Å². The molecule has 6 nitrogen and oxygen atoms in total. The van der Waals surface area contributed by atoms with Crippen molar-refractivity contribution < 1.29 is 9.13 Å². The molecule has 3 aliphatic heterocycles. The lowest BCUT2D eigenvalue weighted by Gasteiger charge is -2.38. The molecule has 0 bridgehead atoms. The second-order valence-electron chi connectivity index (χ2n) is 6.90. The molecule has 3 atom stereocenters. The molecule has 0 aromatic carbocycles. The maximum absolute atomic E-state index is 14.1. The number of pyridine rings is 1. The van der Waals surface area contributed by atoms with E-state index in [0.29, 0.717) is 11.7 Å². The van der Waals surface area contributed by atoms with E-state index in [9.17, 15) is 4.39 Å². The van der Waals surface area contributed by atoms with E-state index >= 15 is 0 Å². The number of fused-ring (bicyclic) bond motifs is 1. The van der Waals surface area contributed by atoms with Crippen molar-refractivity contribution in [2.24, 2.45) is 17.4 Å². The molecule has 1 fully saturated rings. The SMILES string of the molecule is CC1CC(N)CN(c2ccncc2N2C=C(F)C=C3OC(N)C=C32)C1. The Morgan fingerprint density at radius 3 is 2.92 bits per heavy atom. The van der Waals surface area contributed by atoms with Gasteiger partial charge in [-0.3, -0.25) is 10.7 Å². The van der Waals surface area contributed by atoms with Crippen LogP contribution in [-0.4, -0.2) is 30.3 Å². The Bertz CT molecular complexity index is 764. The van der Waals surface area contributed by atoms with Gasteiger partial charge in [0.15, 0.2) is 6.23 Å². The fourth-order valence-corrected chi connectivity index (χ4v) is 3.77. The highest BCUT2D eigenvalue weighted by Gasteiger charge is 2.31. The third kappa shape index (κ3) is 3.01. The summed E-state index contributed by atoms with van der Waals surface area (Å²) >= 11 is 0. The van der Waals surface area contributed by atoms with E-state index in [0.717, 1.165) is 36.6 Å². The summed E-state index contributed by atoms with van der Waals surface area (Å²) in [4.78, 5) is 8.24. The van der Waals surface area contributed by atoms with E-state index in [-0.39, 0.29) is 11.9 Å². The minimum Gasteiger partial charge on any atom is -0.470 e. The number of nitrogens with zero attached hydrogens (tertiary/aromatic N) is 3. The number of halogens is 1. The summed E-state index contributed by atoms with van der Waals surface area (Å²) in [7, 11) is 0. The number of ether oxygens (including phenoxy) is 1. The Morgan fingerprint density at radius 1 is 1.28 bits per heavy atom. The van der Waals surface area contributed by atoms with Crippen LogP contribution in [0.4, 0.5) is 15.8 Å². The van der Waals surface area contributed by atoms with Crippen molar-refractivity contribution in [3.63, 3.8) is 0 Å². The van der Waals surface area contributed by atoms with E-state index < -0.39 is 6.23 Å². The Labute approximate surface area is 146 Å². The Hall–Kier alpha value is -2.38. The first-order valence-corrected chi connectivity index (χ1v) is 8.48. The van der Waals surface area contributed by atoms with Gasteiger partial charge in [0, 0.05) is 37.6 Å². The Kier molecular flexibility index (Phi) is 3.97. The summed E-state index contributed by atoms with van der Waals surface area (Å²) in [6.07, 6.45) is 8.47. The summed E-state index contributed by atoms with van der Waals surface area (Å²) < 4.78 is 19.6. The minimum absolute atomic E-state index is 0.122. The Morgan fingerprint density at radius 2 is 2.12 bits per heavy atom. The van der Waals surface area contributed by atoms with Crippen LogP contribution in [0.15, 0.2) is 54.1 Å². The van der Waals surface area contributed by atoms with Crippen molar-refractivity contribution in [2.45, 2.75) is 25.6 Å². The largest absolute Gasteiger partial charge is 0.470 e. The fourth-order valence-electron chi connectivity index (χ4n) is 3.77. The van der Waals surface area contributed by atoms with Crippen LogP contribution in [0.5, 0.6) is 0 Å². The highest BCUT2D eigenvalue weighted by Crippen LogP contribution is 2.39. The van der Waals surface area contributed by atoms with Gasteiger partial charge < -0.3 is 20.3 Å². The van der Waals surface area contributed by atoms with Gasteiger partial charge in [-0.15, -0.1) is 0 Å². The smallest absolute Gasteiger partial charge is 0.169 e. The standard InChI is InChI=1S/C18H22FN5O/c1-11-4-13(20)10-23(8-11)14-2-3-22-7-16(14)24-9-12(19)5-17-15(24)6-18(21)25-17/h2-3,5-7,9,11,13,18H,4,8,10,20-21H2,1H3. The van der Waals surface area contributed by atoms with E-state index in [4.69, 9.17) is 16.2 Å². The quantitative estimate of drug-likeness (QED) is 0.854. The van der Waals surface area contributed by atoms with Gasteiger partial charge in [0.1, 0.15) is 11.6 Å². The third-order valence-corrected chi connectivity index (χ3v) is 4.69. The second-order valence-corrected chi connectivity index (χ2v) is 6.90.